The van der Waals surface area contributed by atoms with Gasteiger partial charge in [0.15, 0.2) is 6.10 Å². The van der Waals surface area contributed by atoms with Crippen LogP contribution in [0.1, 0.15) is 28.6 Å². The Hall–Kier alpha value is -3.61. The predicted molar refractivity (Wildman–Crippen MR) is 103 cm³/mol. The molecular weight excluding hydrogens is 360 g/mol. The van der Waals surface area contributed by atoms with E-state index in [-0.39, 0.29) is 12.3 Å². The number of urea groups is 1. The standard InChI is InChI=1S/C21H20N2O5/c1-13-16-10-6-7-11-17(16)28-18(13)20(25)27-14(2)19(24)23-21(26)22-12-15-8-4-3-5-9-15/h3-11,14H,12H2,1-2H3,(H2,22,23,24,26). The Bertz CT molecular complexity index is 1010. The summed E-state index contributed by atoms with van der Waals surface area (Å²) in [6.45, 7) is 3.40. The summed E-state index contributed by atoms with van der Waals surface area (Å²) in [5.74, 6) is -1.46. The molecule has 0 aliphatic heterocycles. The lowest BCUT2D eigenvalue weighted by molar-refractivity contribution is -0.128. The molecular formula is C21H20N2O5. The van der Waals surface area contributed by atoms with Gasteiger partial charge in [-0.2, -0.15) is 0 Å². The van der Waals surface area contributed by atoms with Gasteiger partial charge in [-0.1, -0.05) is 48.5 Å². The van der Waals surface area contributed by atoms with Crippen LogP contribution in [0.4, 0.5) is 4.79 Å². The number of hydrogen-bond donors (Lipinski definition) is 2. The van der Waals surface area contributed by atoms with E-state index in [0.29, 0.717) is 11.1 Å². The van der Waals surface area contributed by atoms with Crippen molar-refractivity contribution in [2.75, 3.05) is 0 Å². The number of para-hydroxylation sites is 1. The summed E-state index contributed by atoms with van der Waals surface area (Å²) in [7, 11) is 0. The first kappa shape index (κ1) is 19.2. The molecule has 0 radical (unpaired) electrons. The number of amides is 3. The van der Waals surface area contributed by atoms with Gasteiger partial charge in [0.2, 0.25) is 5.76 Å². The molecule has 0 spiro atoms. The summed E-state index contributed by atoms with van der Waals surface area (Å²) < 4.78 is 10.7. The molecule has 3 aromatic rings. The van der Waals surface area contributed by atoms with E-state index in [1.165, 1.54) is 6.92 Å². The highest BCUT2D eigenvalue weighted by Gasteiger charge is 2.25. The largest absolute Gasteiger partial charge is 0.449 e. The molecule has 28 heavy (non-hydrogen) atoms. The van der Waals surface area contributed by atoms with E-state index >= 15 is 0 Å². The van der Waals surface area contributed by atoms with Gasteiger partial charge in [-0.15, -0.1) is 0 Å². The maximum absolute atomic E-state index is 12.3. The topological polar surface area (TPSA) is 97.6 Å². The molecule has 0 aliphatic carbocycles. The van der Waals surface area contributed by atoms with Crippen molar-refractivity contribution in [3.8, 4) is 0 Å². The molecule has 1 heterocycles. The van der Waals surface area contributed by atoms with E-state index in [1.54, 1.807) is 19.1 Å². The van der Waals surface area contributed by atoms with Crippen molar-refractivity contribution in [3.05, 3.63) is 71.5 Å². The lowest BCUT2D eigenvalue weighted by atomic mass is 10.1. The number of furan rings is 1. The zero-order valence-corrected chi connectivity index (χ0v) is 15.5. The van der Waals surface area contributed by atoms with Crippen LogP contribution in [0, 0.1) is 6.92 Å². The molecule has 2 aromatic carbocycles. The quantitative estimate of drug-likeness (QED) is 0.662. The summed E-state index contributed by atoms with van der Waals surface area (Å²) in [5.41, 5.74) is 2.09. The smallest absolute Gasteiger partial charge is 0.375 e. The molecule has 0 bridgehead atoms. The number of nitrogens with one attached hydrogen (secondary N) is 2. The third-order valence-corrected chi connectivity index (χ3v) is 4.21. The van der Waals surface area contributed by atoms with Crippen LogP contribution in [0.5, 0.6) is 0 Å². The average Bonchev–Trinajstić information content (AvgIpc) is 3.04. The van der Waals surface area contributed by atoms with Crippen molar-refractivity contribution >= 4 is 28.9 Å². The normalized spacial score (nSPS) is 11.6. The number of rotatable bonds is 5. The van der Waals surface area contributed by atoms with E-state index in [1.807, 2.05) is 42.5 Å². The second-order valence-electron chi connectivity index (χ2n) is 6.26. The SMILES string of the molecule is Cc1c(C(=O)OC(C)C(=O)NC(=O)NCc2ccccc2)oc2ccccc12. The van der Waals surface area contributed by atoms with Crippen LogP contribution in [0.25, 0.3) is 11.0 Å². The van der Waals surface area contributed by atoms with Gasteiger partial charge in [-0.25, -0.2) is 9.59 Å². The molecule has 1 aromatic heterocycles. The number of esters is 1. The van der Waals surface area contributed by atoms with Gasteiger partial charge in [0.1, 0.15) is 5.58 Å². The highest BCUT2D eigenvalue weighted by Crippen LogP contribution is 2.25. The number of imide groups is 1. The number of benzene rings is 2. The number of carbonyl (C=O) groups excluding carboxylic acids is 3. The van der Waals surface area contributed by atoms with Gasteiger partial charge in [-0.3, -0.25) is 10.1 Å². The second-order valence-corrected chi connectivity index (χ2v) is 6.26. The fraction of sp³-hybridized carbons (Fsp3) is 0.190. The third-order valence-electron chi connectivity index (χ3n) is 4.21. The van der Waals surface area contributed by atoms with Crippen LogP contribution in [0.2, 0.25) is 0 Å². The van der Waals surface area contributed by atoms with Crippen LogP contribution in [-0.2, 0) is 16.1 Å². The summed E-state index contributed by atoms with van der Waals surface area (Å²) in [4.78, 5) is 36.3. The Balaban J connectivity index is 1.55. The molecule has 1 atom stereocenters. The monoisotopic (exact) mass is 380 g/mol. The van der Waals surface area contributed by atoms with E-state index < -0.39 is 24.0 Å². The second kappa shape index (κ2) is 8.39. The molecule has 7 heteroatoms. The van der Waals surface area contributed by atoms with Crippen molar-refractivity contribution < 1.29 is 23.5 Å². The van der Waals surface area contributed by atoms with E-state index in [2.05, 4.69) is 10.6 Å². The summed E-state index contributed by atoms with van der Waals surface area (Å²) in [6.07, 6.45) is -1.16. The van der Waals surface area contributed by atoms with Gasteiger partial charge >= 0.3 is 12.0 Å². The van der Waals surface area contributed by atoms with Crippen molar-refractivity contribution in [3.63, 3.8) is 0 Å². The predicted octanol–water partition coefficient (Wildman–Crippen LogP) is 3.31. The van der Waals surface area contributed by atoms with Crippen LogP contribution in [0.15, 0.2) is 59.0 Å². The number of aryl methyl sites for hydroxylation is 1. The number of hydrogen-bond acceptors (Lipinski definition) is 5. The molecule has 0 saturated heterocycles. The molecule has 144 valence electrons. The highest BCUT2D eigenvalue weighted by atomic mass is 16.6. The first-order valence-electron chi connectivity index (χ1n) is 8.77. The number of fused-ring (bicyclic) bond motifs is 1. The maximum atomic E-state index is 12.3. The van der Waals surface area contributed by atoms with Crippen molar-refractivity contribution in [2.24, 2.45) is 0 Å². The van der Waals surface area contributed by atoms with Crippen molar-refractivity contribution in [1.29, 1.82) is 0 Å². The summed E-state index contributed by atoms with van der Waals surface area (Å²) in [6, 6.07) is 15.8. The Kier molecular flexibility index (Phi) is 5.74. The Morgan fingerprint density at radius 1 is 1.04 bits per heavy atom. The van der Waals surface area contributed by atoms with E-state index in [4.69, 9.17) is 9.15 Å². The minimum Gasteiger partial charge on any atom is -0.449 e. The zero-order chi connectivity index (χ0) is 20.1. The molecule has 1 unspecified atom stereocenters. The molecule has 0 aliphatic rings. The molecule has 2 N–H and O–H groups in total. The van der Waals surface area contributed by atoms with E-state index in [9.17, 15) is 14.4 Å². The lowest BCUT2D eigenvalue weighted by Crippen LogP contribution is -2.44. The number of ether oxygens (including phenoxy) is 1. The summed E-state index contributed by atoms with van der Waals surface area (Å²) >= 11 is 0. The molecule has 7 nitrogen and oxygen atoms in total. The van der Waals surface area contributed by atoms with Crippen LogP contribution in [0.3, 0.4) is 0 Å². The van der Waals surface area contributed by atoms with Gasteiger partial charge < -0.3 is 14.5 Å². The van der Waals surface area contributed by atoms with E-state index in [0.717, 1.165) is 10.9 Å². The average molecular weight is 380 g/mol. The first-order valence-corrected chi connectivity index (χ1v) is 8.77. The minimum absolute atomic E-state index is 0.0365. The fourth-order valence-corrected chi connectivity index (χ4v) is 2.67. The minimum atomic E-state index is -1.16. The van der Waals surface area contributed by atoms with Gasteiger partial charge in [0, 0.05) is 17.5 Å². The molecule has 3 rings (SSSR count). The highest BCUT2D eigenvalue weighted by molar-refractivity contribution is 5.99. The van der Waals surface area contributed by atoms with Crippen molar-refractivity contribution in [2.45, 2.75) is 26.5 Å². The third kappa shape index (κ3) is 4.37. The van der Waals surface area contributed by atoms with Crippen molar-refractivity contribution in [1.82, 2.24) is 10.6 Å². The molecule has 0 saturated carbocycles. The Morgan fingerprint density at radius 3 is 2.43 bits per heavy atom. The van der Waals surface area contributed by atoms with Crippen LogP contribution < -0.4 is 10.6 Å². The van der Waals surface area contributed by atoms with Crippen LogP contribution in [-0.4, -0.2) is 24.0 Å². The zero-order valence-electron chi connectivity index (χ0n) is 15.5. The Morgan fingerprint density at radius 2 is 1.71 bits per heavy atom. The fourth-order valence-electron chi connectivity index (χ4n) is 2.67. The van der Waals surface area contributed by atoms with Gasteiger partial charge in [-0.05, 0) is 25.5 Å². The Labute approximate surface area is 161 Å². The number of carbonyl (C=O) groups is 3. The summed E-state index contributed by atoms with van der Waals surface area (Å²) in [5, 5.41) is 5.52. The van der Waals surface area contributed by atoms with Gasteiger partial charge in [0.05, 0.1) is 0 Å². The molecule has 3 amide bonds. The lowest BCUT2D eigenvalue weighted by Gasteiger charge is -2.13. The maximum Gasteiger partial charge on any atom is 0.375 e. The van der Waals surface area contributed by atoms with Gasteiger partial charge in [0.25, 0.3) is 5.91 Å². The van der Waals surface area contributed by atoms with Crippen LogP contribution >= 0.6 is 0 Å². The first-order chi connectivity index (χ1) is 13.5. The molecule has 0 fully saturated rings.